The van der Waals surface area contributed by atoms with E-state index in [0.717, 1.165) is 44.4 Å². The van der Waals surface area contributed by atoms with Gasteiger partial charge in [0.05, 0.1) is 6.10 Å². The average molecular weight is 312 g/mol. The molecule has 124 valence electrons. The lowest BCUT2D eigenvalue weighted by atomic mass is 9.51. The first-order valence-corrected chi connectivity index (χ1v) is 9.48. The monoisotopic (exact) mass is 312 g/mol. The topological polar surface area (TPSA) is 37.3 Å². The van der Waals surface area contributed by atoms with Gasteiger partial charge in [0, 0.05) is 17.8 Å². The van der Waals surface area contributed by atoms with Gasteiger partial charge in [0.15, 0.2) is 5.78 Å². The van der Waals surface area contributed by atoms with Crippen LogP contribution in [-0.2, 0) is 4.79 Å². The van der Waals surface area contributed by atoms with E-state index in [1.54, 1.807) is 0 Å². The standard InChI is InChI=1S/C21H28O2/c1-3-13-12-19-18-7-5-14-11-15(22)6-8-16(14)17(18)9-10-21(19,4-2)20(13)23/h1,11,13,16-20,23H,4-10,12H2,2H3/t13-,16+,17+,18-,19-,20-,21+/m1/s1. The van der Waals surface area contributed by atoms with Crippen molar-refractivity contribution in [2.24, 2.45) is 35.0 Å². The molecule has 3 fully saturated rings. The molecule has 3 saturated carbocycles. The minimum Gasteiger partial charge on any atom is -0.391 e. The summed E-state index contributed by atoms with van der Waals surface area (Å²) in [6.07, 6.45) is 15.8. The molecule has 2 heteroatoms. The minimum atomic E-state index is -0.312. The molecule has 0 aromatic rings. The van der Waals surface area contributed by atoms with Crippen molar-refractivity contribution in [1.82, 2.24) is 0 Å². The van der Waals surface area contributed by atoms with Crippen LogP contribution in [0.15, 0.2) is 11.6 Å². The summed E-state index contributed by atoms with van der Waals surface area (Å²) in [5.41, 5.74) is 1.49. The summed E-state index contributed by atoms with van der Waals surface area (Å²) < 4.78 is 0. The summed E-state index contributed by atoms with van der Waals surface area (Å²) in [5.74, 6) is 5.89. The maximum absolute atomic E-state index is 11.8. The lowest BCUT2D eigenvalue weighted by Crippen LogP contribution is -2.49. The van der Waals surface area contributed by atoms with Crippen molar-refractivity contribution in [1.29, 1.82) is 0 Å². The van der Waals surface area contributed by atoms with Crippen molar-refractivity contribution in [2.45, 2.75) is 64.4 Å². The number of rotatable bonds is 1. The van der Waals surface area contributed by atoms with Crippen LogP contribution in [0.5, 0.6) is 0 Å². The fourth-order valence-electron chi connectivity index (χ4n) is 6.81. The van der Waals surface area contributed by atoms with E-state index in [0.29, 0.717) is 23.5 Å². The van der Waals surface area contributed by atoms with Gasteiger partial charge < -0.3 is 5.11 Å². The predicted octanol–water partition coefficient (Wildman–Crippen LogP) is 3.74. The van der Waals surface area contributed by atoms with Crippen molar-refractivity contribution in [2.75, 3.05) is 0 Å². The fraction of sp³-hybridized carbons (Fsp3) is 0.762. The third kappa shape index (κ3) is 2.09. The molecule has 0 aliphatic heterocycles. The zero-order valence-electron chi connectivity index (χ0n) is 14.1. The Balaban J connectivity index is 1.66. The van der Waals surface area contributed by atoms with Gasteiger partial charge in [0.1, 0.15) is 0 Å². The summed E-state index contributed by atoms with van der Waals surface area (Å²) in [6, 6.07) is 0. The number of fused-ring (bicyclic) bond motifs is 5. The second kappa shape index (κ2) is 5.49. The second-order valence-electron chi connectivity index (χ2n) is 8.38. The van der Waals surface area contributed by atoms with Crippen LogP contribution in [0.2, 0.25) is 0 Å². The van der Waals surface area contributed by atoms with Crippen molar-refractivity contribution in [3.05, 3.63) is 11.6 Å². The smallest absolute Gasteiger partial charge is 0.155 e. The molecule has 23 heavy (non-hydrogen) atoms. The lowest BCUT2D eigenvalue weighted by Gasteiger charge is -2.54. The number of hydrogen-bond donors (Lipinski definition) is 1. The second-order valence-corrected chi connectivity index (χ2v) is 8.38. The number of carbonyl (C=O) groups excluding carboxylic acids is 1. The molecule has 0 radical (unpaired) electrons. The Kier molecular flexibility index (Phi) is 3.69. The highest BCUT2D eigenvalue weighted by atomic mass is 16.3. The molecule has 4 aliphatic rings. The van der Waals surface area contributed by atoms with Crippen LogP contribution in [0.1, 0.15) is 58.3 Å². The number of aliphatic hydroxyl groups is 1. The van der Waals surface area contributed by atoms with Crippen molar-refractivity contribution in [3.63, 3.8) is 0 Å². The number of carbonyl (C=O) groups is 1. The van der Waals surface area contributed by atoms with E-state index in [1.807, 2.05) is 6.08 Å². The maximum atomic E-state index is 11.8. The van der Waals surface area contributed by atoms with Gasteiger partial charge in [0.2, 0.25) is 0 Å². The van der Waals surface area contributed by atoms with Crippen LogP contribution < -0.4 is 0 Å². The van der Waals surface area contributed by atoms with E-state index in [-0.39, 0.29) is 17.4 Å². The van der Waals surface area contributed by atoms with Gasteiger partial charge in [-0.1, -0.05) is 12.5 Å². The Hall–Kier alpha value is -1.07. The van der Waals surface area contributed by atoms with Crippen molar-refractivity contribution < 1.29 is 9.90 Å². The number of aliphatic hydroxyl groups excluding tert-OH is 1. The molecule has 0 bridgehead atoms. The van der Waals surface area contributed by atoms with Gasteiger partial charge in [-0.15, -0.1) is 12.3 Å². The van der Waals surface area contributed by atoms with Gasteiger partial charge in [0.25, 0.3) is 0 Å². The van der Waals surface area contributed by atoms with Gasteiger partial charge in [-0.25, -0.2) is 0 Å². The summed E-state index contributed by atoms with van der Waals surface area (Å²) in [7, 11) is 0. The van der Waals surface area contributed by atoms with Gasteiger partial charge in [-0.2, -0.15) is 0 Å². The highest BCUT2D eigenvalue weighted by Crippen LogP contribution is 2.64. The summed E-state index contributed by atoms with van der Waals surface area (Å²) in [4.78, 5) is 11.8. The first-order valence-electron chi connectivity index (χ1n) is 9.48. The SMILES string of the molecule is C#C[C@@H]1C[C@@H]2[C@@H]3CCC4=CC(=O)CC[C@@H]4[C@@H]3CC[C@]2(CC)[C@@H]1O. The summed E-state index contributed by atoms with van der Waals surface area (Å²) in [5, 5.41) is 10.9. The van der Waals surface area contributed by atoms with E-state index in [1.165, 1.54) is 18.4 Å². The van der Waals surface area contributed by atoms with Gasteiger partial charge in [-0.05, 0) is 74.7 Å². The summed E-state index contributed by atoms with van der Waals surface area (Å²) in [6.45, 7) is 2.24. The molecular weight excluding hydrogens is 284 g/mol. The molecule has 4 aliphatic carbocycles. The molecule has 0 aromatic heterocycles. The number of ketones is 1. The predicted molar refractivity (Wildman–Crippen MR) is 90.4 cm³/mol. The highest BCUT2D eigenvalue weighted by Gasteiger charge is 2.60. The Bertz CT molecular complexity index is 583. The van der Waals surface area contributed by atoms with Crippen molar-refractivity contribution in [3.8, 4) is 12.3 Å². The molecule has 0 heterocycles. The van der Waals surface area contributed by atoms with E-state index in [2.05, 4.69) is 12.8 Å². The maximum Gasteiger partial charge on any atom is 0.155 e. The third-order valence-corrected chi connectivity index (χ3v) is 7.91. The molecule has 0 saturated heterocycles. The number of terminal acetylenes is 1. The highest BCUT2D eigenvalue weighted by molar-refractivity contribution is 5.91. The van der Waals surface area contributed by atoms with Crippen LogP contribution >= 0.6 is 0 Å². The Morgan fingerprint density at radius 1 is 1.30 bits per heavy atom. The van der Waals surface area contributed by atoms with E-state index in [4.69, 9.17) is 6.42 Å². The van der Waals surface area contributed by atoms with Crippen LogP contribution in [0.4, 0.5) is 0 Å². The first-order chi connectivity index (χ1) is 11.1. The molecule has 4 rings (SSSR count). The van der Waals surface area contributed by atoms with Gasteiger partial charge >= 0.3 is 0 Å². The molecule has 0 amide bonds. The van der Waals surface area contributed by atoms with E-state index in [9.17, 15) is 9.90 Å². The molecular formula is C21H28O2. The lowest BCUT2D eigenvalue weighted by molar-refractivity contribution is -0.116. The summed E-state index contributed by atoms with van der Waals surface area (Å²) >= 11 is 0. The largest absolute Gasteiger partial charge is 0.391 e. The fourth-order valence-corrected chi connectivity index (χ4v) is 6.81. The first kappa shape index (κ1) is 15.5. The Morgan fingerprint density at radius 2 is 2.13 bits per heavy atom. The third-order valence-electron chi connectivity index (χ3n) is 7.91. The molecule has 0 spiro atoms. The normalized spacial score (nSPS) is 48.7. The quantitative estimate of drug-likeness (QED) is 0.749. The Labute approximate surface area is 139 Å². The number of hydrogen-bond acceptors (Lipinski definition) is 2. The Morgan fingerprint density at radius 3 is 2.87 bits per heavy atom. The molecule has 7 atom stereocenters. The van der Waals surface area contributed by atoms with Crippen LogP contribution in [0.3, 0.4) is 0 Å². The van der Waals surface area contributed by atoms with Crippen LogP contribution in [0, 0.1) is 47.3 Å². The van der Waals surface area contributed by atoms with E-state index < -0.39 is 0 Å². The zero-order valence-corrected chi connectivity index (χ0v) is 14.1. The zero-order chi connectivity index (χ0) is 16.2. The number of allylic oxidation sites excluding steroid dienone is 1. The molecule has 1 N–H and O–H groups in total. The van der Waals surface area contributed by atoms with Gasteiger partial charge in [-0.3, -0.25) is 4.79 Å². The van der Waals surface area contributed by atoms with Crippen LogP contribution in [-0.4, -0.2) is 17.0 Å². The minimum absolute atomic E-state index is 0.0450. The molecule has 0 aromatic carbocycles. The molecule has 2 nitrogen and oxygen atoms in total. The van der Waals surface area contributed by atoms with E-state index >= 15 is 0 Å². The van der Waals surface area contributed by atoms with Crippen LogP contribution in [0.25, 0.3) is 0 Å². The molecule has 0 unspecified atom stereocenters. The van der Waals surface area contributed by atoms with Crippen molar-refractivity contribution >= 4 is 5.78 Å². The average Bonchev–Trinajstić information content (AvgIpc) is 2.87.